The van der Waals surface area contributed by atoms with Crippen molar-refractivity contribution in [1.29, 1.82) is 0 Å². The van der Waals surface area contributed by atoms with Crippen LogP contribution in [0.15, 0.2) is 12.1 Å². The zero-order chi connectivity index (χ0) is 7.40. The van der Waals surface area contributed by atoms with Crippen LogP contribution in [-0.4, -0.2) is 19.0 Å². The largest absolute Gasteiger partial charge is 0.531 e. The third kappa shape index (κ3) is 1.59. The molecule has 0 saturated carbocycles. The Hall–Kier alpha value is -0.805. The minimum Gasteiger partial charge on any atom is -0.531 e. The number of carbonyl (C=O) groups excluding carboxylic acids is 1. The Bertz CT molecular complexity index is 222. The first-order chi connectivity index (χ1) is 4.86. The Kier molecular flexibility index (Phi) is 2.47. The van der Waals surface area contributed by atoms with Crippen LogP contribution in [0.25, 0.3) is 0 Å². The van der Waals surface area contributed by atoms with Gasteiger partial charge in [-0.3, -0.25) is 4.79 Å². The molecule has 0 spiro atoms. The second-order valence-electron chi connectivity index (χ2n) is 1.55. The number of hydrogen-bond acceptors (Lipinski definition) is 4. The monoisotopic (exact) mass is 156 g/mol. The summed E-state index contributed by atoms with van der Waals surface area (Å²) >= 11 is 1.21. The zero-order valence-electron chi connectivity index (χ0n) is 5.11. The predicted molar refractivity (Wildman–Crippen MR) is 39.7 cm³/mol. The minimum atomic E-state index is -0.348. The van der Waals surface area contributed by atoms with Crippen molar-refractivity contribution in [2.24, 2.45) is 0 Å². The highest BCUT2D eigenvalue weighted by Gasteiger charge is 1.97. The van der Waals surface area contributed by atoms with E-state index in [9.17, 15) is 4.79 Å². The molecular formula is C5H5BO3S. The normalized spacial score (nSPS) is 8.90. The summed E-state index contributed by atoms with van der Waals surface area (Å²) in [5.74, 6) is 0. The van der Waals surface area contributed by atoms with Crippen LogP contribution in [-0.2, 0) is 0 Å². The molecule has 0 aliphatic rings. The van der Waals surface area contributed by atoms with Gasteiger partial charge in [-0.15, -0.1) is 0 Å². The van der Waals surface area contributed by atoms with Gasteiger partial charge in [-0.2, -0.15) is 0 Å². The number of aldehydes is 1. The van der Waals surface area contributed by atoms with Crippen molar-refractivity contribution < 1.29 is 14.5 Å². The number of hydrogen-bond donors (Lipinski definition) is 1. The SMILES string of the molecule is O=Cc1ccc(OBO)s1. The molecule has 0 aromatic carbocycles. The fourth-order valence-corrected chi connectivity index (χ4v) is 1.20. The van der Waals surface area contributed by atoms with Gasteiger partial charge in [0, 0.05) is 0 Å². The van der Waals surface area contributed by atoms with Crippen LogP contribution >= 0.6 is 11.3 Å². The Labute approximate surface area is 62.6 Å². The molecule has 0 amide bonds. The minimum absolute atomic E-state index is 0.348. The van der Waals surface area contributed by atoms with Crippen molar-refractivity contribution in [3.8, 4) is 5.06 Å². The van der Waals surface area contributed by atoms with Gasteiger partial charge in [0.2, 0.25) is 0 Å². The van der Waals surface area contributed by atoms with Gasteiger partial charge in [0.15, 0.2) is 11.3 Å². The van der Waals surface area contributed by atoms with Crippen LogP contribution in [0.1, 0.15) is 9.67 Å². The highest BCUT2D eigenvalue weighted by Crippen LogP contribution is 2.21. The van der Waals surface area contributed by atoms with Gasteiger partial charge in [0.25, 0.3) is 0 Å². The van der Waals surface area contributed by atoms with E-state index in [2.05, 4.69) is 0 Å². The van der Waals surface area contributed by atoms with Gasteiger partial charge in [-0.25, -0.2) is 0 Å². The number of thiophene rings is 1. The summed E-state index contributed by atoms with van der Waals surface area (Å²) in [6.07, 6.45) is 0.745. The van der Waals surface area contributed by atoms with E-state index in [0.29, 0.717) is 9.94 Å². The predicted octanol–water partition coefficient (Wildman–Crippen LogP) is 0.198. The lowest BCUT2D eigenvalue weighted by atomic mass is 10.4. The molecule has 1 heterocycles. The van der Waals surface area contributed by atoms with Crippen LogP contribution in [0.5, 0.6) is 5.06 Å². The molecule has 1 aromatic heterocycles. The lowest BCUT2D eigenvalue weighted by molar-refractivity contribution is 0.112. The smallest absolute Gasteiger partial charge is 0.504 e. The van der Waals surface area contributed by atoms with E-state index in [1.54, 1.807) is 12.1 Å². The first kappa shape index (κ1) is 7.30. The number of rotatable bonds is 3. The molecular weight excluding hydrogens is 151 g/mol. The maximum atomic E-state index is 10.1. The Balaban J connectivity index is 2.68. The van der Waals surface area contributed by atoms with Gasteiger partial charge < -0.3 is 9.68 Å². The van der Waals surface area contributed by atoms with E-state index in [4.69, 9.17) is 9.68 Å². The molecule has 0 bridgehead atoms. The summed E-state index contributed by atoms with van der Waals surface area (Å²) in [6, 6.07) is 3.28. The van der Waals surface area contributed by atoms with E-state index in [1.165, 1.54) is 11.3 Å². The summed E-state index contributed by atoms with van der Waals surface area (Å²) in [5, 5.41) is 8.86. The maximum Gasteiger partial charge on any atom is 0.504 e. The first-order valence-electron chi connectivity index (χ1n) is 2.65. The fraction of sp³-hybridized carbons (Fsp3) is 0. The van der Waals surface area contributed by atoms with Gasteiger partial charge >= 0.3 is 7.69 Å². The first-order valence-corrected chi connectivity index (χ1v) is 3.47. The molecule has 0 aliphatic carbocycles. The summed E-state index contributed by atoms with van der Waals surface area (Å²) < 4.78 is 4.70. The molecule has 5 heteroatoms. The summed E-state index contributed by atoms with van der Waals surface area (Å²) in [6.45, 7) is 0. The van der Waals surface area contributed by atoms with Crippen LogP contribution in [0.3, 0.4) is 0 Å². The lowest BCUT2D eigenvalue weighted by Gasteiger charge is -1.92. The van der Waals surface area contributed by atoms with Crippen molar-refractivity contribution in [3.05, 3.63) is 17.0 Å². The molecule has 1 N–H and O–H groups in total. The molecule has 52 valence electrons. The van der Waals surface area contributed by atoms with Gasteiger partial charge in [0.1, 0.15) is 0 Å². The molecule has 0 saturated heterocycles. The van der Waals surface area contributed by atoms with E-state index >= 15 is 0 Å². The number of carbonyl (C=O) groups is 1. The van der Waals surface area contributed by atoms with Gasteiger partial charge in [-0.1, -0.05) is 11.3 Å². The average molecular weight is 156 g/mol. The molecule has 0 radical (unpaired) electrons. The zero-order valence-corrected chi connectivity index (χ0v) is 5.93. The van der Waals surface area contributed by atoms with Gasteiger partial charge in [-0.05, 0) is 12.1 Å². The molecule has 3 nitrogen and oxygen atoms in total. The molecule has 0 atom stereocenters. The summed E-state index contributed by atoms with van der Waals surface area (Å²) in [5.41, 5.74) is 0. The molecule has 1 rings (SSSR count). The highest BCUT2D eigenvalue weighted by molar-refractivity contribution is 7.15. The van der Waals surface area contributed by atoms with Crippen LogP contribution in [0.4, 0.5) is 0 Å². The second kappa shape index (κ2) is 3.38. The van der Waals surface area contributed by atoms with Crippen molar-refractivity contribution in [2.75, 3.05) is 0 Å². The molecule has 0 aliphatic heterocycles. The van der Waals surface area contributed by atoms with Gasteiger partial charge in [0.05, 0.1) is 4.88 Å². The standard InChI is InChI=1S/C5H5BO3S/c7-3-4-1-2-5(10-4)9-6-8/h1-3,6,8H. The fourth-order valence-electron chi connectivity index (χ4n) is 0.539. The van der Waals surface area contributed by atoms with Crippen molar-refractivity contribution in [2.45, 2.75) is 0 Å². The van der Waals surface area contributed by atoms with Crippen molar-refractivity contribution in [3.63, 3.8) is 0 Å². The molecule has 1 aromatic rings. The van der Waals surface area contributed by atoms with E-state index in [1.807, 2.05) is 0 Å². The maximum absolute atomic E-state index is 10.1. The molecule has 0 fully saturated rings. The quantitative estimate of drug-likeness (QED) is 0.502. The highest BCUT2D eigenvalue weighted by atomic mass is 32.1. The third-order valence-corrected chi connectivity index (χ3v) is 1.85. The van der Waals surface area contributed by atoms with E-state index in [-0.39, 0.29) is 7.69 Å². The Morgan fingerprint density at radius 1 is 1.70 bits per heavy atom. The van der Waals surface area contributed by atoms with E-state index in [0.717, 1.165) is 6.29 Å². The molecule has 0 unspecified atom stereocenters. The van der Waals surface area contributed by atoms with Crippen LogP contribution < -0.4 is 4.65 Å². The van der Waals surface area contributed by atoms with E-state index < -0.39 is 0 Å². The summed E-state index contributed by atoms with van der Waals surface area (Å²) in [4.78, 5) is 10.7. The third-order valence-electron chi connectivity index (χ3n) is 0.925. The van der Waals surface area contributed by atoms with Crippen LogP contribution in [0, 0.1) is 0 Å². The Morgan fingerprint density at radius 2 is 2.50 bits per heavy atom. The lowest BCUT2D eigenvalue weighted by Crippen LogP contribution is -1.97. The van der Waals surface area contributed by atoms with Crippen LogP contribution in [0.2, 0.25) is 0 Å². The Morgan fingerprint density at radius 3 is 3.00 bits per heavy atom. The summed E-state index contributed by atoms with van der Waals surface area (Å²) in [7, 11) is -0.348. The van der Waals surface area contributed by atoms with Crippen molar-refractivity contribution in [1.82, 2.24) is 0 Å². The second-order valence-corrected chi connectivity index (χ2v) is 2.63. The topological polar surface area (TPSA) is 46.5 Å². The average Bonchev–Trinajstić information content (AvgIpc) is 2.37. The molecule has 10 heavy (non-hydrogen) atoms. The van der Waals surface area contributed by atoms with Crippen molar-refractivity contribution >= 4 is 25.3 Å².